The van der Waals surface area contributed by atoms with Gasteiger partial charge >= 0.3 is 0 Å². The molecule has 0 saturated carbocycles. The van der Waals surface area contributed by atoms with Gasteiger partial charge in [-0.05, 0) is 46.7 Å². The van der Waals surface area contributed by atoms with Crippen LogP contribution in [0.25, 0.3) is 0 Å². The summed E-state index contributed by atoms with van der Waals surface area (Å²) < 4.78 is 7.57. The molecule has 1 heterocycles. The molecular weight excluding hydrogens is 382 g/mol. The van der Waals surface area contributed by atoms with E-state index >= 15 is 0 Å². The van der Waals surface area contributed by atoms with Gasteiger partial charge < -0.3 is 10.1 Å². The highest BCUT2D eigenvalue weighted by molar-refractivity contribution is 7.99. The normalized spacial score (nSPS) is 10.4. The predicted molar refractivity (Wildman–Crippen MR) is 110 cm³/mol. The van der Waals surface area contributed by atoms with Crippen molar-refractivity contribution in [1.29, 1.82) is 0 Å². The van der Waals surface area contributed by atoms with Gasteiger partial charge in [0.05, 0.1) is 0 Å². The van der Waals surface area contributed by atoms with Crippen molar-refractivity contribution < 1.29 is 4.74 Å². The van der Waals surface area contributed by atoms with E-state index < -0.39 is 0 Å². The Bertz CT molecular complexity index is 800. The van der Waals surface area contributed by atoms with Gasteiger partial charge in [0.25, 0.3) is 0 Å². The summed E-state index contributed by atoms with van der Waals surface area (Å²) >= 11 is 1.67. The molecule has 0 spiro atoms. The lowest BCUT2D eigenvalue weighted by molar-refractivity contribution is 0.306. The third-order valence-electron chi connectivity index (χ3n) is 3.79. The number of nitrogens with one attached hydrogen (secondary N) is 1. The van der Waals surface area contributed by atoms with Crippen molar-refractivity contribution in [3.63, 3.8) is 0 Å². The molecule has 0 radical (unpaired) electrons. The fourth-order valence-electron chi connectivity index (χ4n) is 2.42. The molecule has 2 aromatic carbocycles. The number of hydrogen-bond donors (Lipinski definition) is 1. The van der Waals surface area contributed by atoms with Gasteiger partial charge in [-0.1, -0.05) is 54.2 Å². The van der Waals surface area contributed by atoms with Crippen LogP contribution in [-0.4, -0.2) is 32.5 Å². The van der Waals surface area contributed by atoms with E-state index in [0.717, 1.165) is 36.2 Å². The fraction of sp³-hybridized carbons (Fsp3) is 0.316. The van der Waals surface area contributed by atoms with Gasteiger partial charge in [-0.2, -0.15) is 0 Å². The summed E-state index contributed by atoms with van der Waals surface area (Å²) in [7, 11) is 1.85. The quantitative estimate of drug-likeness (QED) is 0.411. The zero-order valence-corrected chi connectivity index (χ0v) is 16.9. The smallest absolute Gasteiger partial charge is 0.209 e. The van der Waals surface area contributed by atoms with Gasteiger partial charge in [-0.3, -0.25) is 0 Å². The SMILES string of the molecule is Cl.Cn1nnnc1SCCCNCc1cccc(OCc2ccccc2)c1. The first-order valence-corrected chi connectivity index (χ1v) is 9.61. The molecular formula is C19H24ClN5OS. The van der Waals surface area contributed by atoms with Crippen LogP contribution in [0.4, 0.5) is 0 Å². The summed E-state index contributed by atoms with van der Waals surface area (Å²) in [5.41, 5.74) is 2.40. The number of halogens is 1. The molecule has 0 bridgehead atoms. The standard InChI is InChI=1S/C19H23N5OS.ClH/c1-24-19(21-22-23-24)26-12-6-11-20-14-17-9-5-10-18(13-17)25-15-16-7-3-2-4-8-16;/h2-5,7-10,13,20H,6,11-12,14-15H2,1H3;1H. The third-order valence-corrected chi connectivity index (χ3v) is 4.88. The van der Waals surface area contributed by atoms with Crippen molar-refractivity contribution in [2.75, 3.05) is 12.3 Å². The molecule has 0 aliphatic rings. The Morgan fingerprint density at radius 3 is 2.67 bits per heavy atom. The molecule has 0 aliphatic carbocycles. The number of hydrogen-bond acceptors (Lipinski definition) is 6. The van der Waals surface area contributed by atoms with Crippen LogP contribution in [0.5, 0.6) is 5.75 Å². The summed E-state index contributed by atoms with van der Waals surface area (Å²) in [6.07, 6.45) is 1.06. The average Bonchev–Trinajstić information content (AvgIpc) is 3.09. The van der Waals surface area contributed by atoms with Gasteiger partial charge in [0.1, 0.15) is 12.4 Å². The topological polar surface area (TPSA) is 64.9 Å². The monoisotopic (exact) mass is 405 g/mol. The van der Waals surface area contributed by atoms with Crippen LogP contribution in [0.3, 0.4) is 0 Å². The highest BCUT2D eigenvalue weighted by Gasteiger charge is 2.02. The number of aromatic nitrogens is 4. The number of benzene rings is 2. The molecule has 0 amide bonds. The molecule has 6 nitrogen and oxygen atoms in total. The summed E-state index contributed by atoms with van der Waals surface area (Å²) in [6, 6.07) is 18.4. The molecule has 27 heavy (non-hydrogen) atoms. The zero-order chi connectivity index (χ0) is 18.0. The maximum Gasteiger partial charge on any atom is 0.209 e. The van der Waals surface area contributed by atoms with E-state index in [1.807, 2.05) is 37.4 Å². The molecule has 8 heteroatoms. The maximum absolute atomic E-state index is 5.88. The molecule has 0 unspecified atom stereocenters. The molecule has 0 saturated heterocycles. The highest BCUT2D eigenvalue weighted by atomic mass is 35.5. The Hall–Kier alpha value is -2.09. The van der Waals surface area contributed by atoms with Crippen LogP contribution in [0, 0.1) is 0 Å². The third kappa shape index (κ3) is 7.21. The molecule has 0 fully saturated rings. The van der Waals surface area contributed by atoms with Crippen molar-refractivity contribution in [3.8, 4) is 5.75 Å². The summed E-state index contributed by atoms with van der Waals surface area (Å²) in [6.45, 7) is 2.37. The first-order valence-electron chi connectivity index (χ1n) is 8.63. The largest absolute Gasteiger partial charge is 0.489 e. The lowest BCUT2D eigenvalue weighted by Gasteiger charge is -2.09. The minimum Gasteiger partial charge on any atom is -0.489 e. The molecule has 0 aliphatic heterocycles. The summed E-state index contributed by atoms with van der Waals surface area (Å²) in [5.74, 6) is 1.89. The van der Waals surface area contributed by atoms with Crippen molar-refractivity contribution >= 4 is 24.2 Å². The Morgan fingerprint density at radius 2 is 1.89 bits per heavy atom. The number of thioether (sulfide) groups is 1. The van der Waals surface area contributed by atoms with Crippen molar-refractivity contribution in [3.05, 3.63) is 65.7 Å². The fourth-order valence-corrected chi connectivity index (χ4v) is 3.21. The van der Waals surface area contributed by atoms with Crippen LogP contribution >= 0.6 is 24.2 Å². The minimum atomic E-state index is 0. The second kappa shape index (κ2) is 11.6. The number of ether oxygens (including phenoxy) is 1. The van der Waals surface area contributed by atoms with Crippen molar-refractivity contribution in [2.24, 2.45) is 7.05 Å². The van der Waals surface area contributed by atoms with Crippen LogP contribution < -0.4 is 10.1 Å². The van der Waals surface area contributed by atoms with Crippen molar-refractivity contribution in [2.45, 2.75) is 24.7 Å². The van der Waals surface area contributed by atoms with Crippen LogP contribution in [0.15, 0.2) is 59.8 Å². The summed E-state index contributed by atoms with van der Waals surface area (Å²) in [4.78, 5) is 0. The number of rotatable bonds is 10. The number of aryl methyl sites for hydroxylation is 1. The van der Waals surface area contributed by atoms with E-state index in [9.17, 15) is 0 Å². The predicted octanol–water partition coefficient (Wildman–Crippen LogP) is 3.48. The van der Waals surface area contributed by atoms with E-state index in [1.165, 1.54) is 11.1 Å². The molecule has 3 rings (SSSR count). The molecule has 0 atom stereocenters. The lowest BCUT2D eigenvalue weighted by Crippen LogP contribution is -2.15. The second-order valence-electron chi connectivity index (χ2n) is 5.89. The van der Waals surface area contributed by atoms with Gasteiger partial charge in [0, 0.05) is 19.3 Å². The molecule has 144 valence electrons. The van der Waals surface area contributed by atoms with E-state index in [1.54, 1.807) is 16.4 Å². The Kier molecular flexibility index (Phi) is 9.10. The van der Waals surface area contributed by atoms with Gasteiger partial charge in [0.2, 0.25) is 5.16 Å². The van der Waals surface area contributed by atoms with E-state index in [-0.39, 0.29) is 12.4 Å². The van der Waals surface area contributed by atoms with E-state index in [0.29, 0.717) is 6.61 Å². The highest BCUT2D eigenvalue weighted by Crippen LogP contribution is 2.16. The van der Waals surface area contributed by atoms with E-state index in [2.05, 4.69) is 45.1 Å². The Morgan fingerprint density at radius 1 is 1.07 bits per heavy atom. The first-order chi connectivity index (χ1) is 12.8. The Balaban J connectivity index is 0.00000261. The van der Waals surface area contributed by atoms with Gasteiger partial charge in [0.15, 0.2) is 0 Å². The maximum atomic E-state index is 5.88. The van der Waals surface area contributed by atoms with Crippen molar-refractivity contribution in [1.82, 2.24) is 25.5 Å². The number of nitrogens with zero attached hydrogens (tertiary/aromatic N) is 4. The zero-order valence-electron chi connectivity index (χ0n) is 15.2. The van der Waals surface area contributed by atoms with Gasteiger partial charge in [-0.25, -0.2) is 4.68 Å². The van der Waals surface area contributed by atoms with Gasteiger partial charge in [-0.15, -0.1) is 17.5 Å². The van der Waals surface area contributed by atoms with E-state index in [4.69, 9.17) is 4.74 Å². The second-order valence-corrected chi connectivity index (χ2v) is 6.95. The van der Waals surface area contributed by atoms with Crippen LogP contribution in [-0.2, 0) is 20.2 Å². The lowest BCUT2D eigenvalue weighted by atomic mass is 10.2. The molecule has 1 aromatic heterocycles. The summed E-state index contributed by atoms with van der Waals surface area (Å²) in [5, 5.41) is 15.7. The average molecular weight is 406 g/mol. The van der Waals surface area contributed by atoms with Crippen LogP contribution in [0.2, 0.25) is 0 Å². The molecule has 3 aromatic rings. The minimum absolute atomic E-state index is 0. The Labute approximate surface area is 170 Å². The number of tetrazole rings is 1. The first kappa shape index (κ1) is 21.2. The van der Waals surface area contributed by atoms with Crippen LogP contribution in [0.1, 0.15) is 17.5 Å². The molecule has 1 N–H and O–H groups in total.